The largest absolute Gasteiger partial charge is 1.00 e. The van der Waals surface area contributed by atoms with Gasteiger partial charge in [0, 0.05) is 6.42 Å². The predicted molar refractivity (Wildman–Crippen MR) is 31.3 cm³/mol. The minimum absolute atomic E-state index is 0. The number of rotatable bonds is 4. The van der Waals surface area contributed by atoms with E-state index in [0.29, 0.717) is 0 Å². The maximum atomic E-state index is 10.1. The maximum absolute atomic E-state index is 10.1. The molecule has 0 rings (SSSR count). The van der Waals surface area contributed by atoms with Crippen LogP contribution in [-0.4, -0.2) is 33.9 Å². The summed E-state index contributed by atoms with van der Waals surface area (Å²) in [7, 11) is 0. The van der Waals surface area contributed by atoms with E-state index in [4.69, 9.17) is 10.2 Å². The van der Waals surface area contributed by atoms with Gasteiger partial charge in [0.1, 0.15) is 5.60 Å². The molecule has 0 aromatic heterocycles. The van der Waals surface area contributed by atoms with Crippen molar-refractivity contribution in [1.29, 1.82) is 0 Å². The van der Waals surface area contributed by atoms with Crippen molar-refractivity contribution in [3.05, 3.63) is 0 Å². The summed E-state index contributed by atoms with van der Waals surface area (Å²) in [6, 6.07) is 0. The summed E-state index contributed by atoms with van der Waals surface area (Å²) in [4.78, 5) is 20.0. The van der Waals surface area contributed by atoms with Gasteiger partial charge in [0.2, 0.25) is 0 Å². The van der Waals surface area contributed by atoms with Crippen LogP contribution < -0.4 is 69.3 Å². The van der Waals surface area contributed by atoms with Gasteiger partial charge in [-0.15, -0.1) is 0 Å². The normalized spacial score (nSPS) is 15.4. The minimum Gasteiger partial charge on any atom is -0.547 e. The Hall–Kier alpha value is 0.860. The second kappa shape index (κ2) is 8.06. The third-order valence-corrected chi connectivity index (χ3v) is 1.30. The number of aliphatic carboxylic acids is 2. The van der Waals surface area contributed by atoms with Gasteiger partial charge in [0.15, 0.2) is 0 Å². The summed E-state index contributed by atoms with van der Waals surface area (Å²) >= 11 is 0. The molecule has 0 bridgehead atoms. The van der Waals surface area contributed by atoms with E-state index >= 15 is 0 Å². The molecule has 0 saturated heterocycles. The molecule has 0 aromatic rings. The van der Waals surface area contributed by atoms with Crippen LogP contribution in [0.5, 0.6) is 0 Å². The van der Waals surface area contributed by atoms with Gasteiger partial charge in [-0.05, 0) is 6.92 Å². The second-order valence-corrected chi connectivity index (χ2v) is 2.60. The third kappa shape index (κ3) is 7.19. The minimum atomic E-state index is -2.36. The fourth-order valence-electron chi connectivity index (χ4n) is 0.543. The quantitative estimate of drug-likeness (QED) is 0.455. The van der Waals surface area contributed by atoms with E-state index in [-0.39, 0.29) is 59.1 Å². The van der Waals surface area contributed by atoms with Gasteiger partial charge in [0.05, 0.1) is 18.0 Å². The molecule has 6 nitrogen and oxygen atoms in total. The smallest absolute Gasteiger partial charge is 0.547 e. The van der Waals surface area contributed by atoms with Gasteiger partial charge in [-0.25, -0.2) is 0 Å². The maximum Gasteiger partial charge on any atom is 1.00 e. The molecule has 0 radical (unpaired) electrons. The Bertz CT molecular complexity index is 204. The van der Waals surface area contributed by atoms with Crippen LogP contribution in [0.4, 0.5) is 0 Å². The van der Waals surface area contributed by atoms with Crippen LogP contribution in [0.3, 0.4) is 0 Å². The van der Waals surface area contributed by atoms with Gasteiger partial charge in [-0.2, -0.15) is 0 Å². The molecule has 0 aliphatic carbocycles. The standard InChI is InChI=1S/C6H10O6.2Na/c1-6(12,5(10)11)2-3(7)4(8)9;;/h3,7,12H,2H2,1H3,(H,8,9)(H,10,11);;/q;2*+1/p-2. The van der Waals surface area contributed by atoms with E-state index < -0.39 is 30.1 Å². The van der Waals surface area contributed by atoms with Crippen LogP contribution >= 0.6 is 0 Å². The number of carboxylic acid groups (broad SMARTS) is 2. The van der Waals surface area contributed by atoms with Crippen LogP contribution in [0, 0.1) is 0 Å². The Morgan fingerprint density at radius 3 is 1.93 bits per heavy atom. The second-order valence-electron chi connectivity index (χ2n) is 2.60. The molecule has 14 heavy (non-hydrogen) atoms. The van der Waals surface area contributed by atoms with Gasteiger partial charge in [-0.3, -0.25) is 0 Å². The molecule has 0 heterocycles. The number of carbonyl (C=O) groups is 2. The van der Waals surface area contributed by atoms with Crippen molar-refractivity contribution in [3.63, 3.8) is 0 Å². The molecular weight excluding hydrogens is 214 g/mol. The number of hydrogen-bond donors (Lipinski definition) is 2. The summed E-state index contributed by atoms with van der Waals surface area (Å²) in [6.07, 6.45) is -2.88. The average Bonchev–Trinajstić information content (AvgIpc) is 1.85. The van der Waals surface area contributed by atoms with Gasteiger partial charge < -0.3 is 30.0 Å². The Morgan fingerprint density at radius 2 is 1.71 bits per heavy atom. The van der Waals surface area contributed by atoms with Crippen molar-refractivity contribution in [1.82, 2.24) is 0 Å². The molecule has 8 heteroatoms. The zero-order chi connectivity index (χ0) is 9.94. The van der Waals surface area contributed by atoms with E-state index in [0.717, 1.165) is 6.92 Å². The summed E-state index contributed by atoms with van der Waals surface area (Å²) in [5.41, 5.74) is -2.36. The molecule has 0 spiro atoms. The number of aliphatic hydroxyl groups excluding tert-OH is 1. The Kier molecular flexibility index (Phi) is 11.7. The first-order chi connectivity index (χ1) is 5.27. The van der Waals surface area contributed by atoms with Crippen molar-refractivity contribution >= 4 is 11.9 Å². The van der Waals surface area contributed by atoms with E-state index in [2.05, 4.69) is 0 Å². The average molecular weight is 222 g/mol. The summed E-state index contributed by atoms with van der Waals surface area (Å²) in [5.74, 6) is -3.68. The van der Waals surface area contributed by atoms with Crippen molar-refractivity contribution < 1.29 is 89.1 Å². The van der Waals surface area contributed by atoms with Gasteiger partial charge in [-0.1, -0.05) is 0 Å². The summed E-state index contributed by atoms with van der Waals surface area (Å²) in [5, 5.41) is 37.5. The van der Waals surface area contributed by atoms with Crippen molar-refractivity contribution in [2.45, 2.75) is 25.0 Å². The summed E-state index contributed by atoms with van der Waals surface area (Å²) < 4.78 is 0. The van der Waals surface area contributed by atoms with Crippen LogP contribution in [0.25, 0.3) is 0 Å². The van der Waals surface area contributed by atoms with Crippen LogP contribution in [0.2, 0.25) is 0 Å². The fraction of sp³-hybridized carbons (Fsp3) is 0.667. The van der Waals surface area contributed by atoms with E-state index in [1.165, 1.54) is 0 Å². The molecule has 70 valence electrons. The van der Waals surface area contributed by atoms with Crippen LogP contribution in [0.15, 0.2) is 0 Å². The first-order valence-corrected chi connectivity index (χ1v) is 3.10. The predicted octanol–water partition coefficient (Wildman–Crippen LogP) is -10.0. The van der Waals surface area contributed by atoms with E-state index in [1.807, 2.05) is 0 Å². The van der Waals surface area contributed by atoms with Crippen molar-refractivity contribution in [3.8, 4) is 0 Å². The van der Waals surface area contributed by atoms with Gasteiger partial charge in [0.25, 0.3) is 0 Å². The molecule has 0 fully saturated rings. The number of aliphatic hydroxyl groups is 2. The Morgan fingerprint density at radius 1 is 1.36 bits per heavy atom. The number of hydrogen-bond acceptors (Lipinski definition) is 6. The van der Waals surface area contributed by atoms with E-state index in [9.17, 15) is 19.8 Å². The zero-order valence-corrected chi connectivity index (χ0v) is 12.3. The zero-order valence-electron chi connectivity index (χ0n) is 8.31. The monoisotopic (exact) mass is 222 g/mol. The summed E-state index contributed by atoms with van der Waals surface area (Å²) in [6.45, 7) is 0.828. The molecule has 0 aliphatic rings. The number of carbonyl (C=O) groups excluding carboxylic acids is 2. The van der Waals surface area contributed by atoms with Crippen molar-refractivity contribution in [2.24, 2.45) is 0 Å². The molecule has 0 aliphatic heterocycles. The van der Waals surface area contributed by atoms with Crippen LogP contribution in [0.1, 0.15) is 13.3 Å². The molecule has 0 amide bonds. The van der Waals surface area contributed by atoms with Gasteiger partial charge >= 0.3 is 59.1 Å². The first-order valence-electron chi connectivity index (χ1n) is 3.10. The molecule has 2 unspecified atom stereocenters. The first kappa shape index (κ1) is 20.3. The van der Waals surface area contributed by atoms with E-state index in [1.54, 1.807) is 0 Å². The molecule has 2 N–H and O–H groups in total. The topological polar surface area (TPSA) is 121 Å². The number of carboxylic acids is 2. The molecule has 0 saturated carbocycles. The SMILES string of the molecule is CC(O)(CC(O)C(=O)[O-])C(=O)[O-].[Na+].[Na+]. The third-order valence-electron chi connectivity index (χ3n) is 1.30. The fourth-order valence-corrected chi connectivity index (χ4v) is 0.543. The Labute approximate surface area is 125 Å². The molecular formula is C6H8Na2O6. The van der Waals surface area contributed by atoms with Crippen LogP contribution in [-0.2, 0) is 9.59 Å². The van der Waals surface area contributed by atoms with Crippen molar-refractivity contribution in [2.75, 3.05) is 0 Å². The molecule has 2 atom stereocenters. The molecule has 0 aromatic carbocycles. The Balaban J connectivity index is -0.000000605.